The molecule has 0 spiro atoms. The number of piperidine rings is 1. The maximum absolute atomic E-state index is 4.17. The molecule has 1 N–H and O–H groups in total. The largest absolute Gasteiger partial charge is 0.316 e. The van der Waals surface area contributed by atoms with Crippen molar-refractivity contribution in [3.63, 3.8) is 0 Å². The smallest absolute Gasteiger partial charge is 0.157 e. The SMILES string of the molecule is Brc1ccc(-n2nnnc2CC2CCCNC2)cc1. The minimum absolute atomic E-state index is 0.633. The topological polar surface area (TPSA) is 55.6 Å². The Morgan fingerprint density at radius 2 is 2.16 bits per heavy atom. The number of hydrogen-bond acceptors (Lipinski definition) is 4. The molecule has 1 atom stereocenters. The summed E-state index contributed by atoms with van der Waals surface area (Å²) < 4.78 is 2.89. The van der Waals surface area contributed by atoms with Crippen LogP contribution in [0.1, 0.15) is 18.7 Å². The van der Waals surface area contributed by atoms with Crippen LogP contribution in [0.2, 0.25) is 0 Å². The molecule has 6 heteroatoms. The average molecular weight is 322 g/mol. The third-order valence-corrected chi connectivity index (χ3v) is 4.00. The van der Waals surface area contributed by atoms with Crippen molar-refractivity contribution in [2.45, 2.75) is 19.3 Å². The third-order valence-electron chi connectivity index (χ3n) is 3.48. The molecule has 1 aliphatic heterocycles. The molecule has 5 nitrogen and oxygen atoms in total. The predicted molar refractivity (Wildman–Crippen MR) is 76.2 cm³/mol. The highest BCUT2D eigenvalue weighted by Crippen LogP contribution is 2.18. The molecule has 3 rings (SSSR count). The lowest BCUT2D eigenvalue weighted by atomic mass is 9.96. The zero-order chi connectivity index (χ0) is 13.1. The molecule has 1 saturated heterocycles. The highest BCUT2D eigenvalue weighted by Gasteiger charge is 2.17. The Kier molecular flexibility index (Phi) is 3.89. The Morgan fingerprint density at radius 1 is 1.32 bits per heavy atom. The molecular weight excluding hydrogens is 306 g/mol. The van der Waals surface area contributed by atoms with Gasteiger partial charge in [-0.1, -0.05) is 15.9 Å². The highest BCUT2D eigenvalue weighted by atomic mass is 79.9. The molecule has 2 heterocycles. The summed E-state index contributed by atoms with van der Waals surface area (Å²) in [4.78, 5) is 0. The minimum atomic E-state index is 0.633. The third kappa shape index (κ3) is 3.01. The van der Waals surface area contributed by atoms with Gasteiger partial charge in [0, 0.05) is 10.9 Å². The lowest BCUT2D eigenvalue weighted by molar-refractivity contribution is 0.368. The molecule has 0 bridgehead atoms. The van der Waals surface area contributed by atoms with Crippen LogP contribution >= 0.6 is 15.9 Å². The van der Waals surface area contributed by atoms with Crippen LogP contribution in [-0.2, 0) is 6.42 Å². The Labute approximate surface area is 120 Å². The Bertz CT molecular complexity index is 530. The second-order valence-electron chi connectivity index (χ2n) is 4.90. The van der Waals surface area contributed by atoms with Crippen molar-refractivity contribution in [2.24, 2.45) is 5.92 Å². The van der Waals surface area contributed by atoms with E-state index in [1.54, 1.807) is 0 Å². The minimum Gasteiger partial charge on any atom is -0.316 e. The fraction of sp³-hybridized carbons (Fsp3) is 0.462. The lowest BCUT2D eigenvalue weighted by Gasteiger charge is -2.21. The Morgan fingerprint density at radius 3 is 2.89 bits per heavy atom. The maximum atomic E-state index is 4.17. The van der Waals surface area contributed by atoms with E-state index in [1.165, 1.54) is 12.8 Å². The quantitative estimate of drug-likeness (QED) is 0.939. The summed E-state index contributed by atoms with van der Waals surface area (Å²) in [7, 11) is 0. The molecule has 1 aromatic heterocycles. The van der Waals surface area contributed by atoms with Gasteiger partial charge in [-0.3, -0.25) is 0 Å². The van der Waals surface area contributed by atoms with Crippen molar-refractivity contribution in [3.8, 4) is 5.69 Å². The molecule has 0 amide bonds. The van der Waals surface area contributed by atoms with Gasteiger partial charge in [-0.15, -0.1) is 5.10 Å². The molecule has 1 fully saturated rings. The first kappa shape index (κ1) is 12.7. The predicted octanol–water partition coefficient (Wildman–Crippen LogP) is 1.97. The molecule has 100 valence electrons. The highest BCUT2D eigenvalue weighted by molar-refractivity contribution is 9.10. The fourth-order valence-electron chi connectivity index (χ4n) is 2.47. The normalized spacial score (nSPS) is 19.5. The number of nitrogens with one attached hydrogen (secondary N) is 1. The second-order valence-corrected chi connectivity index (χ2v) is 5.82. The standard InChI is InChI=1S/C13H16BrN5/c14-11-3-5-12(6-4-11)19-13(16-17-18-19)8-10-2-1-7-15-9-10/h3-6,10,15H,1-2,7-9H2. The monoisotopic (exact) mass is 321 g/mol. The van der Waals surface area contributed by atoms with Crippen LogP contribution in [0.15, 0.2) is 28.7 Å². The molecule has 19 heavy (non-hydrogen) atoms. The van der Waals surface area contributed by atoms with Gasteiger partial charge in [0.05, 0.1) is 5.69 Å². The summed E-state index contributed by atoms with van der Waals surface area (Å²) in [6, 6.07) is 8.04. The van der Waals surface area contributed by atoms with E-state index in [4.69, 9.17) is 0 Å². The van der Waals surface area contributed by atoms with Crippen LogP contribution in [0.25, 0.3) is 5.69 Å². The van der Waals surface area contributed by atoms with Gasteiger partial charge in [0.2, 0.25) is 0 Å². The first-order chi connectivity index (χ1) is 9.33. The van der Waals surface area contributed by atoms with E-state index in [9.17, 15) is 0 Å². The van der Waals surface area contributed by atoms with Crippen LogP contribution in [0, 0.1) is 5.92 Å². The van der Waals surface area contributed by atoms with Gasteiger partial charge in [-0.05, 0) is 66.5 Å². The lowest BCUT2D eigenvalue weighted by Crippen LogP contribution is -2.31. The molecule has 1 aliphatic rings. The second kappa shape index (κ2) is 5.79. The van der Waals surface area contributed by atoms with Gasteiger partial charge >= 0.3 is 0 Å². The van der Waals surface area contributed by atoms with Crippen molar-refractivity contribution in [1.82, 2.24) is 25.5 Å². The van der Waals surface area contributed by atoms with Gasteiger partial charge in [0.1, 0.15) is 0 Å². The summed E-state index contributed by atoms with van der Waals surface area (Å²) in [5.41, 5.74) is 1.01. The number of halogens is 1. The van der Waals surface area contributed by atoms with E-state index in [1.807, 2.05) is 28.9 Å². The Balaban J connectivity index is 1.79. The summed E-state index contributed by atoms with van der Waals surface area (Å²) in [6.45, 7) is 2.20. The zero-order valence-corrected chi connectivity index (χ0v) is 12.2. The molecule has 1 aromatic carbocycles. The van der Waals surface area contributed by atoms with Crippen LogP contribution in [-0.4, -0.2) is 33.3 Å². The number of rotatable bonds is 3. The van der Waals surface area contributed by atoms with Crippen molar-refractivity contribution < 1.29 is 0 Å². The fourth-order valence-corrected chi connectivity index (χ4v) is 2.74. The molecule has 1 unspecified atom stereocenters. The molecular formula is C13H16BrN5. The number of tetrazole rings is 1. The summed E-state index contributed by atoms with van der Waals surface area (Å²) in [5, 5.41) is 15.5. The molecule has 0 radical (unpaired) electrons. The van der Waals surface area contributed by atoms with E-state index < -0.39 is 0 Å². The maximum Gasteiger partial charge on any atom is 0.157 e. The van der Waals surface area contributed by atoms with E-state index in [0.717, 1.165) is 35.5 Å². The summed E-state index contributed by atoms with van der Waals surface area (Å²) in [5.74, 6) is 1.57. The van der Waals surface area contributed by atoms with Gasteiger partial charge in [0.15, 0.2) is 5.82 Å². The number of nitrogens with zero attached hydrogens (tertiary/aromatic N) is 4. The van der Waals surface area contributed by atoms with Crippen LogP contribution in [0.5, 0.6) is 0 Å². The van der Waals surface area contributed by atoms with Crippen LogP contribution in [0.3, 0.4) is 0 Å². The van der Waals surface area contributed by atoms with Crippen molar-refractivity contribution in [2.75, 3.05) is 13.1 Å². The van der Waals surface area contributed by atoms with Crippen molar-refractivity contribution >= 4 is 15.9 Å². The number of aromatic nitrogens is 4. The Hall–Kier alpha value is -1.27. The number of benzene rings is 1. The van der Waals surface area contributed by atoms with Gasteiger partial charge < -0.3 is 5.32 Å². The molecule has 2 aromatic rings. The molecule has 0 saturated carbocycles. The van der Waals surface area contributed by atoms with Crippen molar-refractivity contribution in [3.05, 3.63) is 34.6 Å². The zero-order valence-electron chi connectivity index (χ0n) is 10.6. The van der Waals surface area contributed by atoms with E-state index in [2.05, 4.69) is 36.8 Å². The summed E-state index contributed by atoms with van der Waals surface area (Å²) in [6.07, 6.45) is 3.42. The first-order valence-electron chi connectivity index (χ1n) is 6.57. The van der Waals surface area contributed by atoms with E-state index in [0.29, 0.717) is 5.92 Å². The number of hydrogen-bond donors (Lipinski definition) is 1. The van der Waals surface area contributed by atoms with E-state index >= 15 is 0 Å². The first-order valence-corrected chi connectivity index (χ1v) is 7.36. The van der Waals surface area contributed by atoms with Crippen molar-refractivity contribution in [1.29, 1.82) is 0 Å². The average Bonchev–Trinajstić information content (AvgIpc) is 2.89. The molecule has 0 aliphatic carbocycles. The van der Waals surface area contributed by atoms with Gasteiger partial charge in [-0.2, -0.15) is 4.68 Å². The van der Waals surface area contributed by atoms with Crippen LogP contribution < -0.4 is 5.32 Å². The van der Waals surface area contributed by atoms with E-state index in [-0.39, 0.29) is 0 Å². The van der Waals surface area contributed by atoms with Crippen LogP contribution in [0.4, 0.5) is 0 Å². The summed E-state index contributed by atoms with van der Waals surface area (Å²) >= 11 is 3.44. The van der Waals surface area contributed by atoms with Gasteiger partial charge in [0.25, 0.3) is 0 Å². The van der Waals surface area contributed by atoms with Gasteiger partial charge in [-0.25, -0.2) is 0 Å².